The first-order valence-electron chi connectivity index (χ1n) is 8.03. The van der Waals surface area contributed by atoms with Crippen LogP contribution in [0.15, 0.2) is 48.5 Å². The molecule has 0 aliphatic heterocycles. The Balaban J connectivity index is 2.46. The molecule has 21 heavy (non-hydrogen) atoms. The van der Waals surface area contributed by atoms with E-state index in [1.807, 2.05) is 0 Å². The molecule has 0 unspecified atom stereocenters. The fourth-order valence-electron chi connectivity index (χ4n) is 2.74. The van der Waals surface area contributed by atoms with Gasteiger partial charge in [0.1, 0.15) is 0 Å². The van der Waals surface area contributed by atoms with Crippen LogP contribution in [0.1, 0.15) is 75.6 Å². The van der Waals surface area contributed by atoms with Gasteiger partial charge in [0.05, 0.1) is 0 Å². The van der Waals surface area contributed by atoms with Gasteiger partial charge in [-0.2, -0.15) is 0 Å². The fourth-order valence-corrected chi connectivity index (χ4v) is 2.74. The van der Waals surface area contributed by atoms with E-state index < -0.39 is 0 Å². The molecule has 0 fully saturated rings. The van der Waals surface area contributed by atoms with Gasteiger partial charge in [0, 0.05) is 5.41 Å². The van der Waals surface area contributed by atoms with E-state index in [-0.39, 0.29) is 5.41 Å². The summed E-state index contributed by atoms with van der Waals surface area (Å²) < 4.78 is 0. The van der Waals surface area contributed by atoms with Crippen molar-refractivity contribution >= 4 is 0 Å². The largest absolute Gasteiger partial charge is 0.0617 e. The molecule has 0 heteroatoms. The van der Waals surface area contributed by atoms with Crippen LogP contribution in [0.4, 0.5) is 0 Å². The van der Waals surface area contributed by atoms with Crippen LogP contribution in [-0.4, -0.2) is 0 Å². The van der Waals surface area contributed by atoms with Gasteiger partial charge in [0.15, 0.2) is 0 Å². The van der Waals surface area contributed by atoms with Gasteiger partial charge in [-0.3, -0.25) is 0 Å². The number of rotatable bonds is 4. The second-order valence-corrected chi connectivity index (χ2v) is 7.19. The van der Waals surface area contributed by atoms with Gasteiger partial charge < -0.3 is 0 Å². The molecule has 2 aromatic rings. The van der Waals surface area contributed by atoms with Crippen LogP contribution in [0, 0.1) is 0 Å². The van der Waals surface area contributed by atoms with Crippen LogP contribution in [0.25, 0.3) is 0 Å². The highest BCUT2D eigenvalue weighted by atomic mass is 14.3. The van der Waals surface area contributed by atoms with E-state index in [0.717, 1.165) is 0 Å². The Bertz CT molecular complexity index is 549. The summed E-state index contributed by atoms with van der Waals surface area (Å²) in [4.78, 5) is 0. The van der Waals surface area contributed by atoms with Gasteiger partial charge in [-0.25, -0.2) is 0 Å². The molecular formula is C21H28. The normalized spacial score (nSPS) is 12.2. The summed E-state index contributed by atoms with van der Waals surface area (Å²) in [5.74, 6) is 1.14. The molecule has 0 heterocycles. The molecule has 2 rings (SSSR count). The molecule has 0 saturated heterocycles. The quantitative estimate of drug-likeness (QED) is 0.620. The van der Waals surface area contributed by atoms with Crippen molar-refractivity contribution in [3.05, 3.63) is 70.8 Å². The zero-order valence-electron chi connectivity index (χ0n) is 14.3. The highest BCUT2D eigenvalue weighted by molar-refractivity contribution is 5.41. The van der Waals surface area contributed by atoms with Crippen LogP contribution in [-0.2, 0) is 5.41 Å². The summed E-state index contributed by atoms with van der Waals surface area (Å²) in [5, 5.41) is 0. The monoisotopic (exact) mass is 280 g/mol. The van der Waals surface area contributed by atoms with E-state index in [9.17, 15) is 0 Å². The molecule has 112 valence electrons. The van der Waals surface area contributed by atoms with Crippen molar-refractivity contribution in [2.24, 2.45) is 0 Å². The third kappa shape index (κ3) is 3.37. The molecule has 0 spiro atoms. The van der Waals surface area contributed by atoms with Crippen LogP contribution in [0.3, 0.4) is 0 Å². The fraction of sp³-hybridized carbons (Fsp3) is 0.429. The minimum atomic E-state index is 0.0375. The summed E-state index contributed by atoms with van der Waals surface area (Å²) in [6.07, 6.45) is 0. The lowest BCUT2D eigenvalue weighted by atomic mass is 9.76. The average molecular weight is 280 g/mol. The van der Waals surface area contributed by atoms with E-state index in [1.54, 1.807) is 0 Å². The first kappa shape index (κ1) is 15.8. The van der Waals surface area contributed by atoms with Gasteiger partial charge >= 0.3 is 0 Å². The minimum absolute atomic E-state index is 0.0375. The standard InChI is InChI=1S/C21H28/c1-15(2)17-9-7-11-19(13-17)21(5,6)20-12-8-10-18(14-20)16(3)4/h7-16H,1-6H3. The highest BCUT2D eigenvalue weighted by Crippen LogP contribution is 2.34. The summed E-state index contributed by atoms with van der Waals surface area (Å²) in [6, 6.07) is 18.1. The maximum Gasteiger partial charge on any atom is 0.0146 e. The van der Waals surface area contributed by atoms with Gasteiger partial charge in [-0.1, -0.05) is 90.1 Å². The topological polar surface area (TPSA) is 0 Å². The third-order valence-corrected chi connectivity index (χ3v) is 4.55. The molecule has 0 N–H and O–H groups in total. The Kier molecular flexibility index (Phi) is 4.56. The lowest BCUT2D eigenvalue weighted by Gasteiger charge is -2.28. The molecule has 0 aliphatic carbocycles. The maximum atomic E-state index is 2.37. The first-order chi connectivity index (χ1) is 9.82. The molecule has 0 atom stereocenters. The molecule has 0 amide bonds. The van der Waals surface area contributed by atoms with Crippen molar-refractivity contribution in [2.45, 2.75) is 58.8 Å². The predicted octanol–water partition coefficient (Wildman–Crippen LogP) is 6.26. The molecule has 0 nitrogen and oxygen atoms in total. The van der Waals surface area contributed by atoms with E-state index in [2.05, 4.69) is 90.1 Å². The minimum Gasteiger partial charge on any atom is -0.0617 e. The summed E-state index contributed by atoms with van der Waals surface area (Å²) >= 11 is 0. The smallest absolute Gasteiger partial charge is 0.0146 e. The van der Waals surface area contributed by atoms with Crippen molar-refractivity contribution in [1.29, 1.82) is 0 Å². The Hall–Kier alpha value is -1.56. The second-order valence-electron chi connectivity index (χ2n) is 7.19. The molecule has 0 saturated carbocycles. The van der Waals surface area contributed by atoms with Crippen LogP contribution in [0.2, 0.25) is 0 Å². The molecule has 0 aliphatic rings. The van der Waals surface area contributed by atoms with E-state index in [0.29, 0.717) is 11.8 Å². The zero-order chi connectivity index (χ0) is 15.6. The lowest BCUT2D eigenvalue weighted by molar-refractivity contribution is 0.636. The number of benzene rings is 2. The van der Waals surface area contributed by atoms with Crippen molar-refractivity contribution in [3.63, 3.8) is 0 Å². The predicted molar refractivity (Wildman–Crippen MR) is 93.2 cm³/mol. The van der Waals surface area contributed by atoms with Gasteiger partial charge in [0.25, 0.3) is 0 Å². The summed E-state index contributed by atoms with van der Waals surface area (Å²) in [6.45, 7) is 13.7. The lowest BCUT2D eigenvalue weighted by Crippen LogP contribution is -2.19. The second kappa shape index (κ2) is 6.05. The van der Waals surface area contributed by atoms with Gasteiger partial charge in [-0.15, -0.1) is 0 Å². The maximum absolute atomic E-state index is 2.37. The Labute approximate surface area is 130 Å². The molecule has 0 aromatic heterocycles. The summed E-state index contributed by atoms with van der Waals surface area (Å²) in [7, 11) is 0. The Morgan fingerprint density at radius 2 is 1.05 bits per heavy atom. The third-order valence-electron chi connectivity index (χ3n) is 4.55. The summed E-state index contributed by atoms with van der Waals surface area (Å²) in [5.41, 5.74) is 5.67. The molecular weight excluding hydrogens is 252 g/mol. The Morgan fingerprint density at radius 3 is 1.38 bits per heavy atom. The zero-order valence-corrected chi connectivity index (χ0v) is 14.3. The van der Waals surface area contributed by atoms with Crippen molar-refractivity contribution in [1.82, 2.24) is 0 Å². The van der Waals surface area contributed by atoms with E-state index >= 15 is 0 Å². The molecule has 0 radical (unpaired) electrons. The van der Waals surface area contributed by atoms with Crippen LogP contribution in [0.5, 0.6) is 0 Å². The van der Waals surface area contributed by atoms with Gasteiger partial charge in [-0.05, 0) is 34.1 Å². The van der Waals surface area contributed by atoms with E-state index in [1.165, 1.54) is 22.3 Å². The van der Waals surface area contributed by atoms with Crippen molar-refractivity contribution in [3.8, 4) is 0 Å². The van der Waals surface area contributed by atoms with Crippen LogP contribution < -0.4 is 0 Å². The van der Waals surface area contributed by atoms with Crippen LogP contribution >= 0.6 is 0 Å². The molecule has 2 aromatic carbocycles. The van der Waals surface area contributed by atoms with Crippen molar-refractivity contribution < 1.29 is 0 Å². The number of hydrogen-bond donors (Lipinski definition) is 0. The Morgan fingerprint density at radius 1 is 0.667 bits per heavy atom. The highest BCUT2D eigenvalue weighted by Gasteiger charge is 2.24. The van der Waals surface area contributed by atoms with E-state index in [4.69, 9.17) is 0 Å². The van der Waals surface area contributed by atoms with Gasteiger partial charge in [0.2, 0.25) is 0 Å². The molecule has 0 bridgehead atoms. The first-order valence-corrected chi connectivity index (χ1v) is 8.03. The van der Waals surface area contributed by atoms with Crippen molar-refractivity contribution in [2.75, 3.05) is 0 Å². The SMILES string of the molecule is CC(C)c1cccc(C(C)(C)c2cccc(C(C)C)c2)c1. The number of hydrogen-bond acceptors (Lipinski definition) is 0. The average Bonchev–Trinajstić information content (AvgIpc) is 2.47.